The van der Waals surface area contributed by atoms with Crippen LogP contribution in [0.2, 0.25) is 0 Å². The molecular formula is C5F10O4S. The predicted molar refractivity (Wildman–Crippen MR) is 37.0 cm³/mol. The molecule has 0 aliphatic heterocycles. The molecule has 0 N–H and O–H groups in total. The Bertz CT molecular complexity index is 485. The van der Waals surface area contributed by atoms with Crippen molar-refractivity contribution in [2.75, 3.05) is 0 Å². The molecule has 0 spiro atoms. The van der Waals surface area contributed by atoms with Gasteiger partial charge in [-0.1, -0.05) is 0 Å². The summed E-state index contributed by atoms with van der Waals surface area (Å²) in [4.78, 5) is 10.2. The van der Waals surface area contributed by atoms with Crippen LogP contribution in [0.25, 0.3) is 0 Å². The Kier molecular flexibility index (Phi) is 4.33. The number of carbonyl (C=O) groups excluding carboxylic acids is 1. The van der Waals surface area contributed by atoms with Gasteiger partial charge in [-0.2, -0.15) is 52.3 Å². The van der Waals surface area contributed by atoms with Crippen LogP contribution in [0.4, 0.5) is 43.9 Å². The Hall–Kier alpha value is -1.28. The minimum atomic E-state index is -7.14. The van der Waals surface area contributed by atoms with Gasteiger partial charge in [0.25, 0.3) is 0 Å². The first-order valence-electron chi connectivity index (χ1n) is 3.75. The molecule has 120 valence electrons. The number of hydrogen-bond acceptors (Lipinski definition) is 4. The van der Waals surface area contributed by atoms with Crippen LogP contribution in [-0.4, -0.2) is 37.9 Å². The van der Waals surface area contributed by atoms with E-state index in [1.54, 1.807) is 0 Å². The third kappa shape index (κ3) is 3.06. The van der Waals surface area contributed by atoms with Gasteiger partial charge in [-0.25, -0.2) is 4.79 Å². The number of hydrogen-bond donors (Lipinski definition) is 0. The molecule has 0 unspecified atom stereocenters. The van der Waals surface area contributed by atoms with Crippen molar-refractivity contribution in [3.63, 3.8) is 0 Å². The molecule has 0 bridgehead atoms. The third-order valence-corrected chi connectivity index (χ3v) is 2.41. The molecule has 0 aromatic rings. The SMILES string of the molecule is O=C(OS(=O)(=O)C(F)(F)F)C(F)(F)C(F)(F)C(F)(F)F. The zero-order valence-electron chi connectivity index (χ0n) is 8.32. The molecule has 0 aromatic heterocycles. The molecular weight excluding hydrogens is 346 g/mol. The average Bonchev–Trinajstić information content (AvgIpc) is 2.12. The molecule has 0 saturated heterocycles. The van der Waals surface area contributed by atoms with Crippen molar-refractivity contribution >= 4 is 16.1 Å². The number of halogens is 10. The summed E-state index contributed by atoms with van der Waals surface area (Å²) in [5.74, 6) is -18.3. The highest BCUT2D eigenvalue weighted by Gasteiger charge is 2.78. The largest absolute Gasteiger partial charge is 0.534 e. The van der Waals surface area contributed by atoms with Crippen LogP contribution in [0.1, 0.15) is 0 Å². The van der Waals surface area contributed by atoms with Gasteiger partial charge in [0, 0.05) is 0 Å². The molecule has 4 nitrogen and oxygen atoms in total. The summed E-state index contributed by atoms with van der Waals surface area (Å²) in [5.41, 5.74) is -6.48. The standard InChI is InChI=1S/C5F10O4S/c6-2(7,3(8,9)4(10,11)12)1(16)19-20(17,18)5(13,14)15. The molecule has 0 saturated carbocycles. The van der Waals surface area contributed by atoms with Gasteiger partial charge in [0.05, 0.1) is 0 Å². The maximum absolute atomic E-state index is 12.4. The molecule has 0 aliphatic carbocycles. The molecule has 0 radical (unpaired) electrons. The quantitative estimate of drug-likeness (QED) is 0.447. The first-order chi connectivity index (χ1) is 8.38. The van der Waals surface area contributed by atoms with E-state index in [1.165, 1.54) is 0 Å². The molecule has 0 aliphatic rings. The second-order valence-corrected chi connectivity index (χ2v) is 4.46. The normalized spacial score (nSPS) is 15.1. The summed E-state index contributed by atoms with van der Waals surface area (Å²) in [6, 6.07) is 0. The van der Waals surface area contributed by atoms with Gasteiger partial charge in [0.15, 0.2) is 0 Å². The van der Waals surface area contributed by atoms with Crippen LogP contribution < -0.4 is 0 Å². The van der Waals surface area contributed by atoms with Gasteiger partial charge in [-0.3, -0.25) is 0 Å². The van der Waals surface area contributed by atoms with Gasteiger partial charge in [0.1, 0.15) is 0 Å². The first-order valence-corrected chi connectivity index (χ1v) is 5.16. The van der Waals surface area contributed by atoms with Crippen molar-refractivity contribution in [3.8, 4) is 0 Å². The number of alkyl halides is 10. The van der Waals surface area contributed by atoms with E-state index in [4.69, 9.17) is 0 Å². The van der Waals surface area contributed by atoms with E-state index in [-0.39, 0.29) is 0 Å². The fourth-order valence-corrected chi connectivity index (χ4v) is 0.904. The minimum absolute atomic E-state index is 2.03. The monoisotopic (exact) mass is 346 g/mol. The highest BCUT2D eigenvalue weighted by Crippen LogP contribution is 2.47. The second kappa shape index (κ2) is 4.63. The summed E-state index contributed by atoms with van der Waals surface area (Å²) in [6.45, 7) is 0. The lowest BCUT2D eigenvalue weighted by molar-refractivity contribution is -0.346. The van der Waals surface area contributed by atoms with Gasteiger partial charge >= 0.3 is 39.6 Å². The Balaban J connectivity index is 5.54. The van der Waals surface area contributed by atoms with E-state index in [0.29, 0.717) is 0 Å². The van der Waals surface area contributed by atoms with E-state index >= 15 is 0 Å². The lowest BCUT2D eigenvalue weighted by Gasteiger charge is -2.26. The Labute approximate surface area is 102 Å². The third-order valence-electron chi connectivity index (χ3n) is 1.48. The smallest absolute Gasteiger partial charge is 0.334 e. The molecule has 0 rings (SSSR count). The molecule has 0 amide bonds. The van der Waals surface area contributed by atoms with Crippen LogP contribution >= 0.6 is 0 Å². The Morgan fingerprint density at radius 2 is 1.15 bits per heavy atom. The van der Waals surface area contributed by atoms with Crippen molar-refractivity contribution in [3.05, 3.63) is 0 Å². The van der Waals surface area contributed by atoms with Crippen LogP contribution in [0.5, 0.6) is 0 Å². The van der Waals surface area contributed by atoms with Gasteiger partial charge < -0.3 is 4.18 Å². The number of rotatable bonds is 3. The van der Waals surface area contributed by atoms with E-state index in [9.17, 15) is 57.1 Å². The van der Waals surface area contributed by atoms with E-state index in [1.807, 2.05) is 4.18 Å². The van der Waals surface area contributed by atoms with Crippen molar-refractivity contribution in [1.82, 2.24) is 0 Å². The molecule has 0 heterocycles. The van der Waals surface area contributed by atoms with Crippen LogP contribution in [0, 0.1) is 0 Å². The molecule has 0 aromatic carbocycles. The predicted octanol–water partition coefficient (Wildman–Crippen LogP) is 2.21. The van der Waals surface area contributed by atoms with Crippen molar-refractivity contribution < 1.29 is 61.3 Å². The summed E-state index contributed by atoms with van der Waals surface area (Å²) in [6.07, 6.45) is -7.04. The lowest BCUT2D eigenvalue weighted by Crippen LogP contribution is -2.57. The topological polar surface area (TPSA) is 60.4 Å². The van der Waals surface area contributed by atoms with E-state index in [0.717, 1.165) is 0 Å². The molecule has 0 fully saturated rings. The van der Waals surface area contributed by atoms with Crippen molar-refractivity contribution in [2.24, 2.45) is 0 Å². The first kappa shape index (κ1) is 18.7. The maximum Gasteiger partial charge on any atom is 0.534 e. The minimum Gasteiger partial charge on any atom is -0.334 e. The highest BCUT2D eigenvalue weighted by molar-refractivity contribution is 7.88. The summed E-state index contributed by atoms with van der Waals surface area (Å²) in [7, 11) is -7.12. The summed E-state index contributed by atoms with van der Waals surface area (Å²) >= 11 is 0. The molecule has 15 heteroatoms. The van der Waals surface area contributed by atoms with Gasteiger partial charge in [-0.15, -0.1) is 0 Å². The maximum atomic E-state index is 12.4. The van der Waals surface area contributed by atoms with E-state index < -0.39 is 39.6 Å². The van der Waals surface area contributed by atoms with Crippen LogP contribution in [-0.2, 0) is 19.1 Å². The molecule has 20 heavy (non-hydrogen) atoms. The number of carbonyl (C=O) groups is 1. The fraction of sp³-hybridized carbons (Fsp3) is 0.800. The lowest BCUT2D eigenvalue weighted by atomic mass is 10.1. The average molecular weight is 346 g/mol. The van der Waals surface area contributed by atoms with Crippen LogP contribution in [0.15, 0.2) is 0 Å². The van der Waals surface area contributed by atoms with Crippen molar-refractivity contribution in [2.45, 2.75) is 23.5 Å². The van der Waals surface area contributed by atoms with E-state index in [2.05, 4.69) is 0 Å². The zero-order chi connectivity index (χ0) is 16.8. The summed E-state index contributed by atoms with van der Waals surface area (Å²) < 4.78 is 141. The Morgan fingerprint density at radius 1 is 0.800 bits per heavy atom. The van der Waals surface area contributed by atoms with Crippen molar-refractivity contribution in [1.29, 1.82) is 0 Å². The second-order valence-electron chi connectivity index (χ2n) is 2.92. The Morgan fingerprint density at radius 3 is 1.40 bits per heavy atom. The fourth-order valence-electron chi connectivity index (χ4n) is 0.505. The van der Waals surface area contributed by atoms with Gasteiger partial charge in [-0.05, 0) is 0 Å². The highest BCUT2D eigenvalue weighted by atomic mass is 32.2. The summed E-state index contributed by atoms with van der Waals surface area (Å²) in [5, 5.41) is 0. The molecule has 0 atom stereocenters. The van der Waals surface area contributed by atoms with Gasteiger partial charge in [0.2, 0.25) is 0 Å². The van der Waals surface area contributed by atoms with Crippen LogP contribution in [0.3, 0.4) is 0 Å². The zero-order valence-corrected chi connectivity index (χ0v) is 9.14.